The van der Waals surface area contributed by atoms with E-state index in [0.717, 1.165) is 18.1 Å². The van der Waals surface area contributed by atoms with E-state index in [9.17, 15) is 9.50 Å². The molecule has 3 unspecified atom stereocenters. The van der Waals surface area contributed by atoms with Gasteiger partial charge in [0.1, 0.15) is 11.6 Å². The Kier molecular flexibility index (Phi) is 4.94. The summed E-state index contributed by atoms with van der Waals surface area (Å²) in [6, 6.07) is 4.54. The van der Waals surface area contributed by atoms with Crippen molar-refractivity contribution in [2.24, 2.45) is 5.92 Å². The first-order chi connectivity index (χ1) is 7.95. The van der Waals surface area contributed by atoms with Crippen molar-refractivity contribution in [2.45, 2.75) is 46.2 Å². The number of phenolic OH excluding ortho intramolecular Hbond substituents is 1. The second-order valence-corrected chi connectivity index (χ2v) is 4.77. The minimum atomic E-state index is -0.409. The highest BCUT2D eigenvalue weighted by atomic mass is 19.1. The van der Waals surface area contributed by atoms with Gasteiger partial charge in [-0.3, -0.25) is 0 Å². The summed E-state index contributed by atoms with van der Waals surface area (Å²) < 4.78 is 12.9. The van der Waals surface area contributed by atoms with Gasteiger partial charge in [-0.1, -0.05) is 26.3 Å². The zero-order chi connectivity index (χ0) is 13.0. The predicted octanol–water partition coefficient (Wildman–Crippen LogP) is 3.62. The van der Waals surface area contributed by atoms with Gasteiger partial charge >= 0.3 is 0 Å². The predicted molar refractivity (Wildman–Crippen MR) is 68.5 cm³/mol. The minimum Gasteiger partial charge on any atom is -0.508 e. The molecule has 0 heterocycles. The Balaban J connectivity index is 2.72. The van der Waals surface area contributed by atoms with Gasteiger partial charge in [-0.05, 0) is 25.8 Å². The molecule has 0 fully saturated rings. The van der Waals surface area contributed by atoms with Crippen LogP contribution in [0, 0.1) is 11.7 Å². The van der Waals surface area contributed by atoms with Gasteiger partial charge < -0.3 is 10.4 Å². The first-order valence-electron chi connectivity index (χ1n) is 6.20. The number of aromatic hydroxyl groups is 1. The van der Waals surface area contributed by atoms with Crippen LogP contribution in [0.2, 0.25) is 0 Å². The highest BCUT2D eigenvalue weighted by Gasteiger charge is 2.16. The second kappa shape index (κ2) is 6.01. The molecular weight excluding hydrogens is 217 g/mol. The van der Waals surface area contributed by atoms with Crippen molar-refractivity contribution >= 4 is 0 Å². The Hall–Kier alpha value is -1.09. The fourth-order valence-electron chi connectivity index (χ4n) is 1.88. The first kappa shape index (κ1) is 14.0. The summed E-state index contributed by atoms with van der Waals surface area (Å²) in [6.07, 6.45) is 1.11. The van der Waals surface area contributed by atoms with Crippen molar-refractivity contribution in [3.63, 3.8) is 0 Å². The van der Waals surface area contributed by atoms with E-state index in [2.05, 4.69) is 26.1 Å². The number of halogens is 1. The number of nitrogens with one attached hydrogen (secondary N) is 1. The summed E-state index contributed by atoms with van der Waals surface area (Å²) in [6.45, 7) is 8.45. The lowest BCUT2D eigenvalue weighted by Crippen LogP contribution is -2.33. The van der Waals surface area contributed by atoms with E-state index < -0.39 is 5.82 Å². The van der Waals surface area contributed by atoms with E-state index in [1.54, 1.807) is 6.07 Å². The molecule has 17 heavy (non-hydrogen) atoms. The van der Waals surface area contributed by atoms with Crippen LogP contribution in [-0.2, 0) is 0 Å². The second-order valence-electron chi connectivity index (χ2n) is 4.77. The molecule has 0 aliphatic carbocycles. The van der Waals surface area contributed by atoms with Gasteiger partial charge in [0.2, 0.25) is 0 Å². The molecule has 0 aliphatic heterocycles. The third-order valence-corrected chi connectivity index (χ3v) is 3.47. The number of rotatable bonds is 5. The highest BCUT2D eigenvalue weighted by Crippen LogP contribution is 2.25. The molecular formula is C14H22FNO. The average molecular weight is 239 g/mol. The Labute approximate surface area is 103 Å². The van der Waals surface area contributed by atoms with Crippen molar-refractivity contribution in [3.8, 4) is 5.75 Å². The van der Waals surface area contributed by atoms with Crippen LogP contribution in [0.15, 0.2) is 18.2 Å². The highest BCUT2D eigenvalue weighted by molar-refractivity contribution is 5.34. The van der Waals surface area contributed by atoms with Crippen LogP contribution in [0.5, 0.6) is 5.75 Å². The monoisotopic (exact) mass is 239 g/mol. The molecule has 2 nitrogen and oxygen atoms in total. The number of benzene rings is 1. The summed E-state index contributed by atoms with van der Waals surface area (Å²) in [7, 11) is 0. The van der Waals surface area contributed by atoms with Gasteiger partial charge in [0.15, 0.2) is 0 Å². The van der Waals surface area contributed by atoms with Gasteiger partial charge in [-0.2, -0.15) is 0 Å². The molecule has 0 saturated carbocycles. The standard InChI is InChI=1S/C14H22FNO/c1-5-9(2)10(3)16-11(4)13-7-6-12(15)8-14(13)17/h6-11,16-17H,5H2,1-4H3. The van der Waals surface area contributed by atoms with Crippen molar-refractivity contribution in [1.29, 1.82) is 0 Å². The molecule has 2 N–H and O–H groups in total. The van der Waals surface area contributed by atoms with Crippen LogP contribution in [0.1, 0.15) is 45.7 Å². The molecule has 0 radical (unpaired) electrons. The quantitative estimate of drug-likeness (QED) is 0.822. The lowest BCUT2D eigenvalue weighted by Gasteiger charge is -2.25. The molecule has 1 rings (SSSR count). The van der Waals surface area contributed by atoms with Crippen LogP contribution in [0.25, 0.3) is 0 Å². The fourth-order valence-corrected chi connectivity index (χ4v) is 1.88. The molecule has 96 valence electrons. The number of hydrogen-bond donors (Lipinski definition) is 2. The van der Waals surface area contributed by atoms with Crippen molar-refractivity contribution in [3.05, 3.63) is 29.6 Å². The van der Waals surface area contributed by atoms with Gasteiger partial charge in [-0.25, -0.2) is 4.39 Å². The van der Waals surface area contributed by atoms with E-state index >= 15 is 0 Å². The summed E-state index contributed by atoms with van der Waals surface area (Å²) in [5, 5.41) is 13.1. The largest absolute Gasteiger partial charge is 0.508 e. The van der Waals surface area contributed by atoms with E-state index in [1.807, 2.05) is 6.92 Å². The maximum absolute atomic E-state index is 12.9. The maximum atomic E-state index is 12.9. The summed E-state index contributed by atoms with van der Waals surface area (Å²) in [5.74, 6) is 0.176. The van der Waals surface area contributed by atoms with Gasteiger partial charge in [-0.15, -0.1) is 0 Å². The molecule has 0 spiro atoms. The molecule has 0 aliphatic rings. The van der Waals surface area contributed by atoms with E-state index in [0.29, 0.717) is 12.0 Å². The Morgan fingerprint density at radius 3 is 2.47 bits per heavy atom. The van der Waals surface area contributed by atoms with Crippen LogP contribution >= 0.6 is 0 Å². The topological polar surface area (TPSA) is 32.3 Å². The SMILES string of the molecule is CCC(C)C(C)NC(C)c1ccc(F)cc1O. The molecule has 1 aromatic rings. The summed E-state index contributed by atoms with van der Waals surface area (Å²) in [4.78, 5) is 0. The van der Waals surface area contributed by atoms with Crippen molar-refractivity contribution in [1.82, 2.24) is 5.32 Å². The molecule has 0 amide bonds. The van der Waals surface area contributed by atoms with Crippen LogP contribution < -0.4 is 5.32 Å². The minimum absolute atomic E-state index is 0.0135. The summed E-state index contributed by atoms with van der Waals surface area (Å²) in [5.41, 5.74) is 0.738. The van der Waals surface area contributed by atoms with E-state index in [-0.39, 0.29) is 11.8 Å². The molecule has 3 heteroatoms. The Morgan fingerprint density at radius 1 is 1.29 bits per heavy atom. The summed E-state index contributed by atoms with van der Waals surface area (Å²) >= 11 is 0. The Bertz CT molecular complexity index is 367. The van der Waals surface area contributed by atoms with Gasteiger partial charge in [0.05, 0.1) is 0 Å². The van der Waals surface area contributed by atoms with Crippen molar-refractivity contribution < 1.29 is 9.50 Å². The first-order valence-corrected chi connectivity index (χ1v) is 6.20. The third kappa shape index (κ3) is 3.70. The van der Waals surface area contributed by atoms with Gasteiger partial charge in [0.25, 0.3) is 0 Å². The van der Waals surface area contributed by atoms with E-state index in [4.69, 9.17) is 0 Å². The number of hydrogen-bond acceptors (Lipinski definition) is 2. The van der Waals surface area contributed by atoms with Gasteiger partial charge in [0, 0.05) is 23.7 Å². The zero-order valence-electron chi connectivity index (χ0n) is 11.0. The smallest absolute Gasteiger partial charge is 0.126 e. The third-order valence-electron chi connectivity index (χ3n) is 3.47. The molecule has 3 atom stereocenters. The maximum Gasteiger partial charge on any atom is 0.126 e. The molecule has 1 aromatic carbocycles. The fraction of sp³-hybridized carbons (Fsp3) is 0.571. The normalized spacial score (nSPS) is 16.5. The average Bonchev–Trinajstić information content (AvgIpc) is 2.27. The Morgan fingerprint density at radius 2 is 1.94 bits per heavy atom. The zero-order valence-corrected chi connectivity index (χ0v) is 11.0. The number of phenols is 1. The van der Waals surface area contributed by atoms with Crippen LogP contribution in [-0.4, -0.2) is 11.1 Å². The lowest BCUT2D eigenvalue weighted by atomic mass is 9.98. The molecule has 0 bridgehead atoms. The molecule has 0 aromatic heterocycles. The van der Waals surface area contributed by atoms with Crippen LogP contribution in [0.3, 0.4) is 0 Å². The van der Waals surface area contributed by atoms with Crippen LogP contribution in [0.4, 0.5) is 4.39 Å². The van der Waals surface area contributed by atoms with Crippen molar-refractivity contribution in [2.75, 3.05) is 0 Å². The molecule has 0 saturated heterocycles. The lowest BCUT2D eigenvalue weighted by molar-refractivity contribution is 0.353. The van der Waals surface area contributed by atoms with E-state index in [1.165, 1.54) is 6.07 Å².